The summed E-state index contributed by atoms with van der Waals surface area (Å²) in [5.41, 5.74) is 3.78. The van der Waals surface area contributed by atoms with Crippen molar-refractivity contribution in [1.82, 2.24) is 0 Å². The Labute approximate surface area is 160 Å². The summed E-state index contributed by atoms with van der Waals surface area (Å²) >= 11 is 0. The minimum atomic E-state index is -1.69. The van der Waals surface area contributed by atoms with Crippen LogP contribution in [-0.2, 0) is 17.5 Å². The highest BCUT2D eigenvalue weighted by Gasteiger charge is 2.36. The van der Waals surface area contributed by atoms with Gasteiger partial charge in [-0.3, -0.25) is 0 Å². The molecule has 0 amide bonds. The van der Waals surface area contributed by atoms with Gasteiger partial charge in [-0.25, -0.2) is 0 Å². The van der Waals surface area contributed by atoms with Crippen LogP contribution in [0.5, 0.6) is 5.75 Å². The van der Waals surface area contributed by atoms with Crippen molar-refractivity contribution in [1.29, 1.82) is 0 Å². The van der Waals surface area contributed by atoms with Crippen molar-refractivity contribution in [2.24, 2.45) is 0 Å². The molecule has 1 atom stereocenters. The Hall–Kier alpha value is -1.58. The van der Waals surface area contributed by atoms with E-state index in [4.69, 9.17) is 9.16 Å². The van der Waals surface area contributed by atoms with Crippen molar-refractivity contribution in [3.05, 3.63) is 65.2 Å². The smallest absolute Gasteiger partial charge is 0.192 e. The second kappa shape index (κ2) is 8.41. The van der Waals surface area contributed by atoms with Crippen molar-refractivity contribution in [3.8, 4) is 5.75 Å². The summed E-state index contributed by atoms with van der Waals surface area (Å²) in [4.78, 5) is 0. The normalized spacial score (nSPS) is 13.5. The van der Waals surface area contributed by atoms with E-state index in [2.05, 4.69) is 84.1 Å². The lowest BCUT2D eigenvalue weighted by Crippen LogP contribution is -2.40. The first kappa shape index (κ1) is 20.7. The van der Waals surface area contributed by atoms with E-state index in [1.54, 1.807) is 0 Å². The van der Waals surface area contributed by atoms with Gasteiger partial charge in [0.1, 0.15) is 5.75 Å². The SMILES string of the molecule is Cc1ccc(OC(C)Cc2ccc(CO[Si](C)(C)C(C)(C)C)cc2)cc1. The van der Waals surface area contributed by atoms with Crippen molar-refractivity contribution in [2.45, 2.75) is 71.9 Å². The molecule has 0 saturated heterocycles. The lowest BCUT2D eigenvalue weighted by Gasteiger charge is -2.36. The van der Waals surface area contributed by atoms with Gasteiger partial charge in [-0.15, -0.1) is 0 Å². The highest BCUT2D eigenvalue weighted by molar-refractivity contribution is 6.74. The van der Waals surface area contributed by atoms with E-state index >= 15 is 0 Å². The van der Waals surface area contributed by atoms with E-state index in [1.807, 2.05) is 12.1 Å². The molecule has 0 aromatic heterocycles. The van der Waals surface area contributed by atoms with Crippen LogP contribution in [0.4, 0.5) is 0 Å². The van der Waals surface area contributed by atoms with Crippen LogP contribution < -0.4 is 4.74 Å². The molecule has 1 unspecified atom stereocenters. The molecule has 0 aliphatic rings. The summed E-state index contributed by atoms with van der Waals surface area (Å²) < 4.78 is 12.3. The van der Waals surface area contributed by atoms with Crippen molar-refractivity contribution in [2.75, 3.05) is 0 Å². The van der Waals surface area contributed by atoms with Gasteiger partial charge in [-0.1, -0.05) is 62.7 Å². The number of aryl methyl sites for hydroxylation is 1. The molecular weight excluding hydrogens is 336 g/mol. The molecule has 2 aromatic rings. The van der Waals surface area contributed by atoms with Gasteiger partial charge in [0.25, 0.3) is 0 Å². The maximum atomic E-state index is 6.30. The predicted molar refractivity (Wildman–Crippen MR) is 113 cm³/mol. The largest absolute Gasteiger partial charge is 0.490 e. The fraction of sp³-hybridized carbons (Fsp3) is 0.478. The van der Waals surface area contributed by atoms with Crippen LogP contribution in [0.2, 0.25) is 18.1 Å². The molecule has 0 N–H and O–H groups in total. The summed E-state index contributed by atoms with van der Waals surface area (Å²) in [5.74, 6) is 0.933. The third kappa shape index (κ3) is 5.99. The standard InChI is InChI=1S/C23H34O2Si/c1-18-8-14-22(15-9-18)25-19(2)16-20-10-12-21(13-11-20)17-24-26(6,7)23(3,4)5/h8-15,19H,16-17H2,1-7H3. The van der Waals surface area contributed by atoms with Crippen LogP contribution in [-0.4, -0.2) is 14.4 Å². The zero-order chi connectivity index (χ0) is 19.4. The molecule has 2 aromatic carbocycles. The number of hydrogen-bond acceptors (Lipinski definition) is 2. The minimum absolute atomic E-state index is 0.145. The Balaban J connectivity index is 1.87. The first-order valence-electron chi connectivity index (χ1n) is 9.52. The summed E-state index contributed by atoms with van der Waals surface area (Å²) in [6.45, 7) is 16.3. The fourth-order valence-electron chi connectivity index (χ4n) is 2.47. The van der Waals surface area contributed by atoms with Gasteiger partial charge in [0.2, 0.25) is 0 Å². The number of hydrogen-bond donors (Lipinski definition) is 0. The van der Waals surface area contributed by atoms with Crippen LogP contribution >= 0.6 is 0 Å². The molecule has 2 nitrogen and oxygen atoms in total. The fourth-order valence-corrected chi connectivity index (χ4v) is 3.44. The molecule has 0 saturated carbocycles. The monoisotopic (exact) mass is 370 g/mol. The lowest BCUT2D eigenvalue weighted by atomic mass is 10.1. The van der Waals surface area contributed by atoms with Crippen LogP contribution in [0.3, 0.4) is 0 Å². The van der Waals surface area contributed by atoms with Crippen molar-refractivity contribution >= 4 is 8.32 Å². The summed E-state index contributed by atoms with van der Waals surface area (Å²) in [6.07, 6.45) is 1.05. The third-order valence-electron chi connectivity index (χ3n) is 5.31. The minimum Gasteiger partial charge on any atom is -0.490 e. The summed E-state index contributed by atoms with van der Waals surface area (Å²) in [7, 11) is -1.69. The van der Waals surface area contributed by atoms with Crippen LogP contribution in [0.15, 0.2) is 48.5 Å². The summed E-state index contributed by atoms with van der Waals surface area (Å²) in [6, 6.07) is 17.0. The molecule has 0 bridgehead atoms. The Morgan fingerprint density at radius 1 is 0.885 bits per heavy atom. The highest BCUT2D eigenvalue weighted by Crippen LogP contribution is 2.37. The Morgan fingerprint density at radius 3 is 1.96 bits per heavy atom. The van der Waals surface area contributed by atoms with Gasteiger partial charge in [0, 0.05) is 6.42 Å². The van der Waals surface area contributed by atoms with E-state index in [-0.39, 0.29) is 11.1 Å². The quantitative estimate of drug-likeness (QED) is 0.516. The van der Waals surface area contributed by atoms with Crippen LogP contribution in [0.1, 0.15) is 44.4 Å². The molecule has 142 valence electrons. The van der Waals surface area contributed by atoms with Gasteiger partial charge in [-0.05, 0) is 55.2 Å². The zero-order valence-corrected chi connectivity index (χ0v) is 18.4. The molecule has 0 heterocycles. The van der Waals surface area contributed by atoms with Crippen molar-refractivity contribution in [3.63, 3.8) is 0 Å². The van der Waals surface area contributed by atoms with Gasteiger partial charge in [0.05, 0.1) is 12.7 Å². The van der Waals surface area contributed by atoms with E-state index in [0.29, 0.717) is 6.61 Å². The number of benzene rings is 2. The molecule has 2 rings (SSSR count). The Morgan fingerprint density at radius 2 is 1.42 bits per heavy atom. The average Bonchev–Trinajstić information content (AvgIpc) is 2.55. The zero-order valence-electron chi connectivity index (χ0n) is 17.4. The number of rotatable bonds is 7. The number of ether oxygens (including phenoxy) is 1. The highest BCUT2D eigenvalue weighted by atomic mass is 28.4. The van der Waals surface area contributed by atoms with E-state index < -0.39 is 8.32 Å². The third-order valence-corrected chi connectivity index (χ3v) is 9.79. The molecule has 0 spiro atoms. The molecule has 3 heteroatoms. The van der Waals surface area contributed by atoms with Gasteiger partial charge >= 0.3 is 0 Å². The van der Waals surface area contributed by atoms with Crippen molar-refractivity contribution < 1.29 is 9.16 Å². The molecule has 0 aliphatic heterocycles. The van der Waals surface area contributed by atoms with Crippen LogP contribution in [0, 0.1) is 6.92 Å². The molecule has 0 aliphatic carbocycles. The maximum Gasteiger partial charge on any atom is 0.192 e. The predicted octanol–water partition coefficient (Wildman–Crippen LogP) is 6.53. The summed E-state index contributed by atoms with van der Waals surface area (Å²) in [5, 5.41) is 0.246. The molecule has 0 fully saturated rings. The Bertz CT molecular complexity index is 682. The van der Waals surface area contributed by atoms with E-state index in [1.165, 1.54) is 16.7 Å². The molecule has 0 radical (unpaired) electrons. The maximum absolute atomic E-state index is 6.30. The van der Waals surface area contributed by atoms with E-state index in [0.717, 1.165) is 12.2 Å². The molecule has 26 heavy (non-hydrogen) atoms. The van der Waals surface area contributed by atoms with Crippen LogP contribution in [0.25, 0.3) is 0 Å². The lowest BCUT2D eigenvalue weighted by molar-refractivity contribution is 0.222. The molecular formula is C23H34O2Si. The first-order chi connectivity index (χ1) is 12.1. The average molecular weight is 371 g/mol. The Kier molecular flexibility index (Phi) is 6.70. The van der Waals surface area contributed by atoms with E-state index in [9.17, 15) is 0 Å². The topological polar surface area (TPSA) is 18.5 Å². The second-order valence-corrected chi connectivity index (χ2v) is 13.6. The van der Waals surface area contributed by atoms with Gasteiger partial charge < -0.3 is 9.16 Å². The first-order valence-corrected chi connectivity index (χ1v) is 12.4. The van der Waals surface area contributed by atoms with Gasteiger partial charge in [0.15, 0.2) is 8.32 Å². The second-order valence-electron chi connectivity index (χ2n) is 8.81. The van der Waals surface area contributed by atoms with Gasteiger partial charge in [-0.2, -0.15) is 0 Å².